The third-order valence-corrected chi connectivity index (χ3v) is 6.89. The number of ether oxygens (including phenoxy) is 1. The predicted molar refractivity (Wildman–Crippen MR) is 118 cm³/mol. The third-order valence-electron chi connectivity index (χ3n) is 4.83. The molecule has 0 saturated carbocycles. The first-order valence-electron chi connectivity index (χ1n) is 9.58. The van der Waals surface area contributed by atoms with E-state index in [9.17, 15) is 23.9 Å². The second-order valence-corrected chi connectivity index (χ2v) is 8.78. The monoisotopic (exact) mass is 472 g/mol. The van der Waals surface area contributed by atoms with Crippen LogP contribution in [0.2, 0.25) is 0 Å². The smallest absolute Gasteiger partial charge is 0.350 e. The van der Waals surface area contributed by atoms with E-state index in [-0.39, 0.29) is 27.8 Å². The summed E-state index contributed by atoms with van der Waals surface area (Å²) < 4.78 is 18.4. The molecule has 1 amide bonds. The summed E-state index contributed by atoms with van der Waals surface area (Å²) in [5.41, 5.74) is 0.442. The minimum atomic E-state index is -0.944. The highest BCUT2D eigenvalue weighted by molar-refractivity contribution is 7.18. The maximum atomic E-state index is 13.3. The number of aromatic nitrogens is 1. The number of anilines is 1. The Bertz CT molecular complexity index is 1230. The number of benzene rings is 1. The van der Waals surface area contributed by atoms with Gasteiger partial charge in [0.05, 0.1) is 17.9 Å². The van der Waals surface area contributed by atoms with Gasteiger partial charge in [0, 0.05) is 10.4 Å². The zero-order valence-electron chi connectivity index (χ0n) is 17.0. The van der Waals surface area contributed by atoms with Crippen LogP contribution in [0.15, 0.2) is 47.4 Å². The lowest BCUT2D eigenvalue weighted by Crippen LogP contribution is -2.29. The molecule has 3 aromatic rings. The molecule has 7 nitrogen and oxygen atoms in total. The number of hydrogen-bond acceptors (Lipinski definition) is 8. The maximum Gasteiger partial charge on any atom is 0.350 e. The second-order valence-electron chi connectivity index (χ2n) is 6.82. The molecule has 0 aliphatic carbocycles. The van der Waals surface area contributed by atoms with Crippen molar-refractivity contribution in [2.45, 2.75) is 19.9 Å². The SMILES string of the molecule is CCOC(=O)c1sc(N2C(=O)C(=O)/C(=C(/O)c3ccc(F)cc3)C2c2cccs2)nc1C. The lowest BCUT2D eigenvalue weighted by Gasteiger charge is -2.21. The van der Waals surface area contributed by atoms with E-state index in [4.69, 9.17) is 4.74 Å². The molecule has 1 aliphatic heterocycles. The van der Waals surface area contributed by atoms with Crippen molar-refractivity contribution >= 4 is 51.2 Å². The van der Waals surface area contributed by atoms with Crippen LogP contribution in [-0.2, 0) is 14.3 Å². The van der Waals surface area contributed by atoms with Gasteiger partial charge >= 0.3 is 11.9 Å². The van der Waals surface area contributed by atoms with Gasteiger partial charge in [0.1, 0.15) is 22.5 Å². The van der Waals surface area contributed by atoms with E-state index >= 15 is 0 Å². The molecule has 32 heavy (non-hydrogen) atoms. The Hall–Kier alpha value is -3.37. The number of aliphatic hydroxyl groups is 1. The summed E-state index contributed by atoms with van der Waals surface area (Å²) in [4.78, 5) is 44.7. The minimum Gasteiger partial charge on any atom is -0.507 e. The molecule has 0 spiro atoms. The summed E-state index contributed by atoms with van der Waals surface area (Å²) in [5, 5.41) is 12.8. The van der Waals surface area contributed by atoms with Crippen molar-refractivity contribution in [3.63, 3.8) is 0 Å². The van der Waals surface area contributed by atoms with E-state index in [0.29, 0.717) is 10.6 Å². The zero-order chi connectivity index (χ0) is 23.0. The second kappa shape index (κ2) is 8.64. The molecule has 4 rings (SSSR count). The number of esters is 1. The zero-order valence-corrected chi connectivity index (χ0v) is 18.6. The minimum absolute atomic E-state index is 0.130. The van der Waals surface area contributed by atoms with E-state index in [1.165, 1.54) is 28.4 Å². The number of aliphatic hydroxyl groups excluding tert-OH is 1. The first kappa shape index (κ1) is 21.8. The summed E-state index contributed by atoms with van der Waals surface area (Å²) in [6.07, 6.45) is 0. The van der Waals surface area contributed by atoms with Crippen LogP contribution in [0.4, 0.5) is 9.52 Å². The molecular weight excluding hydrogens is 455 g/mol. The van der Waals surface area contributed by atoms with Gasteiger partial charge in [-0.3, -0.25) is 14.5 Å². The van der Waals surface area contributed by atoms with Crippen molar-refractivity contribution in [1.29, 1.82) is 0 Å². The Balaban J connectivity index is 1.87. The van der Waals surface area contributed by atoms with Gasteiger partial charge in [-0.25, -0.2) is 14.2 Å². The Morgan fingerprint density at radius 1 is 1.25 bits per heavy atom. The van der Waals surface area contributed by atoms with Gasteiger partial charge in [0.15, 0.2) is 5.13 Å². The Kier molecular flexibility index (Phi) is 5.90. The molecule has 1 unspecified atom stereocenters. The average molecular weight is 473 g/mol. The topological polar surface area (TPSA) is 96.8 Å². The number of ketones is 1. The van der Waals surface area contributed by atoms with E-state index in [1.807, 2.05) is 0 Å². The summed E-state index contributed by atoms with van der Waals surface area (Å²) in [6.45, 7) is 3.48. The van der Waals surface area contributed by atoms with E-state index in [1.54, 1.807) is 31.4 Å². The lowest BCUT2D eigenvalue weighted by molar-refractivity contribution is -0.132. The molecule has 2 aromatic heterocycles. The molecule has 3 heterocycles. The van der Waals surface area contributed by atoms with Crippen LogP contribution < -0.4 is 4.90 Å². The van der Waals surface area contributed by atoms with Gasteiger partial charge in [0.25, 0.3) is 5.78 Å². The van der Waals surface area contributed by atoms with Gasteiger partial charge in [-0.2, -0.15) is 0 Å². The highest BCUT2D eigenvalue weighted by atomic mass is 32.1. The fourth-order valence-corrected chi connectivity index (χ4v) is 5.19. The quantitative estimate of drug-likeness (QED) is 0.255. The Labute approximate surface area is 190 Å². The molecule has 1 aliphatic rings. The highest BCUT2D eigenvalue weighted by Gasteiger charge is 2.48. The fraction of sp³-hybridized carbons (Fsp3) is 0.182. The number of halogens is 1. The van der Waals surface area contributed by atoms with Crippen LogP contribution >= 0.6 is 22.7 Å². The van der Waals surface area contributed by atoms with Crippen LogP contribution in [0.1, 0.15) is 38.8 Å². The van der Waals surface area contributed by atoms with Crippen molar-refractivity contribution < 1.29 is 28.6 Å². The number of carbonyl (C=O) groups excluding carboxylic acids is 3. The third kappa shape index (κ3) is 3.71. The largest absolute Gasteiger partial charge is 0.507 e. The lowest BCUT2D eigenvalue weighted by atomic mass is 10.00. The predicted octanol–water partition coefficient (Wildman–Crippen LogP) is 4.46. The molecule has 0 bridgehead atoms. The van der Waals surface area contributed by atoms with Gasteiger partial charge in [-0.1, -0.05) is 17.4 Å². The molecule has 164 valence electrons. The standard InChI is InChI=1S/C22H17FN2O5S2/c1-3-30-21(29)19-11(2)24-22(32-19)25-16(14-5-4-10-31-14)15(18(27)20(25)28)17(26)12-6-8-13(23)9-7-12/h4-10,16,26H,3H2,1-2H3/b17-15+. The van der Waals surface area contributed by atoms with Gasteiger partial charge < -0.3 is 9.84 Å². The van der Waals surface area contributed by atoms with Crippen LogP contribution in [0.5, 0.6) is 0 Å². The number of Topliss-reactive ketones (excluding diaryl/α,β-unsaturated/α-hetero) is 1. The Morgan fingerprint density at radius 2 is 1.97 bits per heavy atom. The molecular formula is C22H17FN2O5S2. The first-order valence-corrected chi connectivity index (χ1v) is 11.3. The van der Waals surface area contributed by atoms with Gasteiger partial charge in [-0.05, 0) is 49.6 Å². The molecule has 1 saturated heterocycles. The summed E-state index contributed by atoms with van der Waals surface area (Å²) >= 11 is 2.24. The number of rotatable bonds is 5. The number of nitrogens with zero attached hydrogens (tertiary/aromatic N) is 2. The number of thiazole rings is 1. The van der Waals surface area contributed by atoms with Gasteiger partial charge in [-0.15, -0.1) is 11.3 Å². The number of hydrogen-bond donors (Lipinski definition) is 1. The summed E-state index contributed by atoms with van der Waals surface area (Å²) in [7, 11) is 0. The molecule has 1 fully saturated rings. The van der Waals surface area contributed by atoms with E-state index in [2.05, 4.69) is 4.98 Å². The molecule has 10 heteroatoms. The number of amides is 1. The van der Waals surface area contributed by atoms with Crippen molar-refractivity contribution in [1.82, 2.24) is 4.98 Å². The maximum absolute atomic E-state index is 13.3. The molecule has 0 radical (unpaired) electrons. The highest BCUT2D eigenvalue weighted by Crippen LogP contribution is 2.45. The van der Waals surface area contributed by atoms with Crippen LogP contribution in [0, 0.1) is 12.7 Å². The van der Waals surface area contributed by atoms with Crippen molar-refractivity contribution in [2.75, 3.05) is 11.5 Å². The molecule has 1 aromatic carbocycles. The normalized spacial score (nSPS) is 17.7. The van der Waals surface area contributed by atoms with Crippen LogP contribution in [0.3, 0.4) is 0 Å². The fourth-order valence-electron chi connectivity index (χ4n) is 3.38. The first-order chi connectivity index (χ1) is 15.3. The average Bonchev–Trinajstić information content (AvgIpc) is 3.48. The summed E-state index contributed by atoms with van der Waals surface area (Å²) in [5.74, 6) is -3.25. The van der Waals surface area contributed by atoms with Crippen molar-refractivity contribution in [3.05, 3.63) is 74.2 Å². The number of carbonyl (C=O) groups is 3. The number of aryl methyl sites for hydroxylation is 1. The van der Waals surface area contributed by atoms with E-state index in [0.717, 1.165) is 23.5 Å². The molecule has 1 atom stereocenters. The van der Waals surface area contributed by atoms with E-state index < -0.39 is 35.3 Å². The van der Waals surface area contributed by atoms with Crippen molar-refractivity contribution in [2.24, 2.45) is 0 Å². The number of thiophene rings is 1. The van der Waals surface area contributed by atoms with Crippen LogP contribution in [-0.4, -0.2) is 34.4 Å². The Morgan fingerprint density at radius 3 is 2.59 bits per heavy atom. The van der Waals surface area contributed by atoms with Gasteiger partial charge in [0.2, 0.25) is 0 Å². The summed E-state index contributed by atoms with van der Waals surface area (Å²) in [6, 6.07) is 7.52. The van der Waals surface area contributed by atoms with Crippen molar-refractivity contribution in [3.8, 4) is 0 Å². The van der Waals surface area contributed by atoms with Crippen LogP contribution in [0.25, 0.3) is 5.76 Å². The molecule has 1 N–H and O–H groups in total.